The van der Waals surface area contributed by atoms with Crippen molar-refractivity contribution in [1.82, 2.24) is 0 Å². The highest BCUT2D eigenvalue weighted by Gasteiger charge is 2.17. The maximum absolute atomic E-state index is 3.80. The molecular formula is C13H17Br. The van der Waals surface area contributed by atoms with Gasteiger partial charge in [-0.3, -0.25) is 0 Å². The third kappa shape index (κ3) is 2.48. The molecule has 1 aromatic rings. The molecule has 0 radical (unpaired) electrons. The molecule has 0 bridgehead atoms. The average molecular weight is 253 g/mol. The second-order valence-corrected chi connectivity index (χ2v) is 5.07. The zero-order valence-corrected chi connectivity index (χ0v) is 10.7. The Morgan fingerprint density at radius 3 is 2.43 bits per heavy atom. The van der Waals surface area contributed by atoms with Gasteiger partial charge >= 0.3 is 0 Å². The zero-order chi connectivity index (χ0) is 10.8. The maximum atomic E-state index is 3.80. The summed E-state index contributed by atoms with van der Waals surface area (Å²) in [5, 5.41) is 0.914. The van der Waals surface area contributed by atoms with Crippen molar-refractivity contribution in [3.63, 3.8) is 0 Å². The first-order chi connectivity index (χ1) is 6.49. The predicted octanol–water partition coefficient (Wildman–Crippen LogP) is 4.52. The molecule has 1 heteroatoms. The van der Waals surface area contributed by atoms with Crippen LogP contribution >= 0.6 is 15.9 Å². The number of benzene rings is 1. The molecule has 0 aliphatic heterocycles. The van der Waals surface area contributed by atoms with Crippen LogP contribution in [0.5, 0.6) is 0 Å². The monoisotopic (exact) mass is 252 g/mol. The molecule has 0 aliphatic rings. The van der Waals surface area contributed by atoms with Crippen LogP contribution in [-0.4, -0.2) is 0 Å². The molecule has 0 N–H and O–H groups in total. The summed E-state index contributed by atoms with van der Waals surface area (Å²) < 4.78 is 0. The minimum atomic E-state index is 0.197. The number of alkyl halides is 1. The normalized spacial score (nSPS) is 11.4. The molecule has 0 saturated carbocycles. The van der Waals surface area contributed by atoms with Crippen molar-refractivity contribution in [2.75, 3.05) is 0 Å². The Balaban J connectivity index is 3.29. The fourth-order valence-electron chi connectivity index (χ4n) is 1.54. The standard InChI is InChI=1S/C13H17Br/c1-5-10-6-7-11(9-14)12(8-10)13(2,3)4/h5-8H,1,9H2,2-4H3. The van der Waals surface area contributed by atoms with Gasteiger partial charge in [-0.05, 0) is 22.1 Å². The molecular weight excluding hydrogens is 236 g/mol. The van der Waals surface area contributed by atoms with E-state index in [1.807, 2.05) is 6.08 Å². The molecule has 0 aliphatic carbocycles. The molecule has 0 heterocycles. The highest BCUT2D eigenvalue weighted by atomic mass is 79.9. The van der Waals surface area contributed by atoms with E-state index in [9.17, 15) is 0 Å². The van der Waals surface area contributed by atoms with Gasteiger partial charge in [-0.15, -0.1) is 0 Å². The van der Waals surface area contributed by atoms with E-state index in [1.165, 1.54) is 16.7 Å². The summed E-state index contributed by atoms with van der Waals surface area (Å²) in [5.41, 5.74) is 4.15. The molecule has 76 valence electrons. The maximum Gasteiger partial charge on any atom is 0.0285 e. The lowest BCUT2D eigenvalue weighted by molar-refractivity contribution is 0.585. The summed E-state index contributed by atoms with van der Waals surface area (Å²) in [4.78, 5) is 0. The molecule has 1 rings (SSSR count). The number of halogens is 1. The highest BCUT2D eigenvalue weighted by Crippen LogP contribution is 2.28. The van der Waals surface area contributed by atoms with Gasteiger partial charge in [-0.2, -0.15) is 0 Å². The first-order valence-corrected chi connectivity index (χ1v) is 5.93. The smallest absolute Gasteiger partial charge is 0.0285 e. The summed E-state index contributed by atoms with van der Waals surface area (Å²) >= 11 is 3.52. The van der Waals surface area contributed by atoms with Gasteiger partial charge in [0.25, 0.3) is 0 Å². The van der Waals surface area contributed by atoms with E-state index in [-0.39, 0.29) is 5.41 Å². The number of rotatable bonds is 2. The number of hydrogen-bond donors (Lipinski definition) is 0. The molecule has 0 saturated heterocycles. The van der Waals surface area contributed by atoms with E-state index >= 15 is 0 Å². The first kappa shape index (κ1) is 11.5. The van der Waals surface area contributed by atoms with Crippen molar-refractivity contribution in [1.29, 1.82) is 0 Å². The van der Waals surface area contributed by atoms with Gasteiger partial charge in [0.2, 0.25) is 0 Å². The van der Waals surface area contributed by atoms with Crippen LogP contribution in [0.3, 0.4) is 0 Å². The van der Waals surface area contributed by atoms with Crippen molar-refractivity contribution in [3.05, 3.63) is 41.5 Å². The van der Waals surface area contributed by atoms with Crippen molar-refractivity contribution in [2.24, 2.45) is 0 Å². The molecule has 14 heavy (non-hydrogen) atoms. The number of hydrogen-bond acceptors (Lipinski definition) is 0. The first-order valence-electron chi connectivity index (χ1n) is 4.81. The Bertz CT molecular complexity index is 332. The topological polar surface area (TPSA) is 0 Å². The molecule has 0 nitrogen and oxygen atoms in total. The fraction of sp³-hybridized carbons (Fsp3) is 0.385. The molecule has 0 spiro atoms. The second kappa shape index (κ2) is 4.31. The van der Waals surface area contributed by atoms with Gasteiger partial charge < -0.3 is 0 Å². The third-order valence-corrected chi connectivity index (χ3v) is 2.93. The SMILES string of the molecule is C=Cc1ccc(CBr)c(C(C)(C)C)c1. The molecule has 0 aromatic heterocycles. The van der Waals surface area contributed by atoms with E-state index in [4.69, 9.17) is 0 Å². The molecule has 0 fully saturated rings. The van der Waals surface area contributed by atoms with Crippen LogP contribution in [0, 0.1) is 0 Å². The fourth-order valence-corrected chi connectivity index (χ4v) is 2.02. The predicted molar refractivity (Wildman–Crippen MR) is 67.9 cm³/mol. The quantitative estimate of drug-likeness (QED) is 0.679. The summed E-state index contributed by atoms with van der Waals surface area (Å²) in [6.45, 7) is 10.5. The van der Waals surface area contributed by atoms with Gasteiger partial charge in [0.1, 0.15) is 0 Å². The van der Waals surface area contributed by atoms with Gasteiger partial charge in [0.15, 0.2) is 0 Å². The lowest BCUT2D eigenvalue weighted by atomic mass is 9.83. The van der Waals surface area contributed by atoms with Crippen LogP contribution in [0.25, 0.3) is 6.08 Å². The van der Waals surface area contributed by atoms with Crippen molar-refractivity contribution < 1.29 is 0 Å². The third-order valence-electron chi connectivity index (χ3n) is 2.32. The van der Waals surface area contributed by atoms with Crippen LogP contribution in [-0.2, 0) is 10.7 Å². The van der Waals surface area contributed by atoms with Crippen molar-refractivity contribution in [3.8, 4) is 0 Å². The second-order valence-electron chi connectivity index (χ2n) is 4.50. The van der Waals surface area contributed by atoms with Crippen LogP contribution < -0.4 is 0 Å². The van der Waals surface area contributed by atoms with E-state index in [1.54, 1.807) is 0 Å². The molecule has 0 unspecified atom stereocenters. The van der Waals surface area contributed by atoms with Gasteiger partial charge in [-0.1, -0.05) is 67.6 Å². The van der Waals surface area contributed by atoms with Crippen LogP contribution in [0.4, 0.5) is 0 Å². The van der Waals surface area contributed by atoms with E-state index in [2.05, 4.69) is 61.5 Å². The highest BCUT2D eigenvalue weighted by molar-refractivity contribution is 9.08. The van der Waals surface area contributed by atoms with Crippen LogP contribution in [0.2, 0.25) is 0 Å². The van der Waals surface area contributed by atoms with Crippen LogP contribution in [0.15, 0.2) is 24.8 Å². The van der Waals surface area contributed by atoms with E-state index < -0.39 is 0 Å². The Kier molecular flexibility index (Phi) is 3.54. The molecule has 0 amide bonds. The van der Waals surface area contributed by atoms with Crippen molar-refractivity contribution in [2.45, 2.75) is 31.5 Å². The Hall–Kier alpha value is -0.560. The zero-order valence-electron chi connectivity index (χ0n) is 9.10. The van der Waals surface area contributed by atoms with Gasteiger partial charge in [-0.25, -0.2) is 0 Å². The van der Waals surface area contributed by atoms with Crippen molar-refractivity contribution >= 4 is 22.0 Å². The largest absolute Gasteiger partial charge is 0.0985 e. The summed E-state index contributed by atoms with van der Waals surface area (Å²) in [7, 11) is 0. The van der Waals surface area contributed by atoms with E-state index in [0.717, 1.165) is 5.33 Å². The van der Waals surface area contributed by atoms with E-state index in [0.29, 0.717) is 0 Å². The summed E-state index contributed by atoms with van der Waals surface area (Å²) in [6.07, 6.45) is 1.90. The lowest BCUT2D eigenvalue weighted by Crippen LogP contribution is -2.13. The van der Waals surface area contributed by atoms with Gasteiger partial charge in [0, 0.05) is 5.33 Å². The summed E-state index contributed by atoms with van der Waals surface area (Å²) in [6, 6.07) is 6.51. The molecule has 1 aromatic carbocycles. The lowest BCUT2D eigenvalue weighted by Gasteiger charge is -2.22. The summed E-state index contributed by atoms with van der Waals surface area (Å²) in [5.74, 6) is 0. The average Bonchev–Trinajstić information content (AvgIpc) is 2.15. The minimum Gasteiger partial charge on any atom is -0.0985 e. The Labute approximate surface area is 95.2 Å². The molecule has 0 atom stereocenters. The van der Waals surface area contributed by atoms with Gasteiger partial charge in [0.05, 0.1) is 0 Å². The van der Waals surface area contributed by atoms with Crippen LogP contribution in [0.1, 0.15) is 37.5 Å². The minimum absolute atomic E-state index is 0.197. The Morgan fingerprint density at radius 1 is 1.36 bits per heavy atom. The Morgan fingerprint density at radius 2 is 2.00 bits per heavy atom.